The van der Waals surface area contributed by atoms with Crippen LogP contribution < -0.4 is 0 Å². The van der Waals surface area contributed by atoms with E-state index in [0.717, 1.165) is 12.8 Å². The molecule has 108 valence electrons. The maximum atomic E-state index is 12.6. The van der Waals surface area contributed by atoms with Gasteiger partial charge in [0.05, 0.1) is 17.7 Å². The van der Waals surface area contributed by atoms with Gasteiger partial charge in [-0.25, -0.2) is 8.42 Å². The molecule has 0 aromatic carbocycles. The minimum Gasteiger partial charge on any atom is -0.377 e. The van der Waals surface area contributed by atoms with Crippen molar-refractivity contribution in [3.63, 3.8) is 0 Å². The molecule has 1 N–H and O–H groups in total. The number of aromatic nitrogens is 2. The topological polar surface area (TPSA) is 75.3 Å². The van der Waals surface area contributed by atoms with Crippen LogP contribution in [-0.4, -0.2) is 48.7 Å². The molecule has 1 atom stereocenters. The second kappa shape index (κ2) is 5.40. The molecule has 6 nitrogen and oxygen atoms in total. The molecule has 8 heteroatoms. The number of rotatable bonds is 4. The summed E-state index contributed by atoms with van der Waals surface area (Å²) in [6.07, 6.45) is 3.06. The van der Waals surface area contributed by atoms with Gasteiger partial charge < -0.3 is 4.74 Å². The molecule has 1 saturated heterocycles. The fourth-order valence-corrected chi connectivity index (χ4v) is 4.26. The molecule has 2 heterocycles. The first-order valence-electron chi connectivity index (χ1n) is 6.06. The van der Waals surface area contributed by atoms with Crippen LogP contribution >= 0.6 is 11.6 Å². The molecule has 1 unspecified atom stereocenters. The van der Waals surface area contributed by atoms with Gasteiger partial charge in [0.25, 0.3) is 10.0 Å². The molecule has 1 aliphatic rings. The van der Waals surface area contributed by atoms with E-state index in [1.165, 1.54) is 10.5 Å². The number of piperidine rings is 1. The van der Waals surface area contributed by atoms with Crippen LogP contribution in [0, 0.1) is 0 Å². The zero-order valence-corrected chi connectivity index (χ0v) is 12.6. The second-order valence-electron chi connectivity index (χ2n) is 4.95. The van der Waals surface area contributed by atoms with Crippen molar-refractivity contribution in [2.24, 2.45) is 0 Å². The monoisotopic (exact) mass is 307 g/mol. The van der Waals surface area contributed by atoms with Crippen LogP contribution in [0.4, 0.5) is 0 Å². The maximum absolute atomic E-state index is 12.6. The summed E-state index contributed by atoms with van der Waals surface area (Å²) in [5.41, 5.74) is 0.0540. The molecule has 0 spiro atoms. The van der Waals surface area contributed by atoms with Gasteiger partial charge in [-0.3, -0.25) is 5.10 Å². The number of hydrogen-bond donors (Lipinski definition) is 1. The highest BCUT2D eigenvalue weighted by molar-refractivity contribution is 7.89. The molecule has 0 bridgehead atoms. The minimum atomic E-state index is -3.59. The van der Waals surface area contributed by atoms with Crippen molar-refractivity contribution in [3.05, 3.63) is 11.8 Å². The Bertz CT molecular complexity index is 545. The van der Waals surface area contributed by atoms with E-state index < -0.39 is 15.6 Å². The third-order valence-corrected chi connectivity index (χ3v) is 5.69. The largest absolute Gasteiger partial charge is 0.377 e. The average Bonchev–Trinajstić information content (AvgIpc) is 2.88. The molecule has 1 aromatic rings. The van der Waals surface area contributed by atoms with Crippen molar-refractivity contribution < 1.29 is 13.2 Å². The Labute approximate surface area is 118 Å². The molecule has 2 rings (SSSR count). The lowest BCUT2D eigenvalue weighted by Crippen LogP contribution is -2.49. The van der Waals surface area contributed by atoms with E-state index in [1.54, 1.807) is 7.11 Å². The number of ether oxygens (including phenoxy) is 1. The van der Waals surface area contributed by atoms with Crippen LogP contribution in [0.5, 0.6) is 0 Å². The zero-order valence-electron chi connectivity index (χ0n) is 11.0. The van der Waals surface area contributed by atoms with Gasteiger partial charge in [-0.15, -0.1) is 11.6 Å². The number of alkyl halides is 1. The van der Waals surface area contributed by atoms with Gasteiger partial charge in [0.15, 0.2) is 5.03 Å². The molecule has 1 aromatic heterocycles. The van der Waals surface area contributed by atoms with E-state index in [1.807, 2.05) is 6.92 Å². The predicted molar refractivity (Wildman–Crippen MR) is 71.6 cm³/mol. The number of methoxy groups -OCH3 is 1. The highest BCUT2D eigenvalue weighted by Gasteiger charge is 2.38. The molecule has 0 aliphatic carbocycles. The molecular formula is C11H18ClN3O3S. The Morgan fingerprint density at radius 2 is 2.37 bits per heavy atom. The van der Waals surface area contributed by atoms with E-state index in [9.17, 15) is 8.42 Å². The fraction of sp³-hybridized carbons (Fsp3) is 0.727. The molecule has 0 radical (unpaired) electrons. The third kappa shape index (κ3) is 2.79. The van der Waals surface area contributed by atoms with Crippen LogP contribution in [0.25, 0.3) is 0 Å². The zero-order chi connectivity index (χ0) is 14.1. The minimum absolute atomic E-state index is 0.0860. The number of sulfonamides is 1. The number of halogens is 1. The molecule has 0 saturated carbocycles. The molecule has 1 fully saturated rings. The van der Waals surface area contributed by atoms with Crippen LogP contribution in [0.15, 0.2) is 11.2 Å². The number of hydrogen-bond acceptors (Lipinski definition) is 4. The lowest BCUT2D eigenvalue weighted by molar-refractivity contribution is -0.0319. The average molecular weight is 308 g/mol. The van der Waals surface area contributed by atoms with Crippen molar-refractivity contribution in [3.8, 4) is 0 Å². The number of nitrogens with one attached hydrogen (secondary N) is 1. The Balaban J connectivity index is 2.30. The van der Waals surface area contributed by atoms with Gasteiger partial charge in [-0.05, 0) is 19.8 Å². The summed E-state index contributed by atoms with van der Waals surface area (Å²) in [6.45, 7) is 2.75. The summed E-state index contributed by atoms with van der Waals surface area (Å²) in [5, 5.41) is 6.38. The van der Waals surface area contributed by atoms with Gasteiger partial charge in [-0.1, -0.05) is 0 Å². The smallest absolute Gasteiger partial charge is 0.260 e. The highest BCUT2D eigenvalue weighted by atomic mass is 35.5. The van der Waals surface area contributed by atoms with Crippen LogP contribution in [0.2, 0.25) is 0 Å². The van der Waals surface area contributed by atoms with Gasteiger partial charge >= 0.3 is 0 Å². The van der Waals surface area contributed by atoms with Crippen LogP contribution in [0.1, 0.15) is 25.3 Å². The van der Waals surface area contributed by atoms with Gasteiger partial charge in [0, 0.05) is 25.8 Å². The molecule has 1 aliphatic heterocycles. The van der Waals surface area contributed by atoms with Gasteiger partial charge in [-0.2, -0.15) is 9.40 Å². The molecular weight excluding hydrogens is 290 g/mol. The van der Waals surface area contributed by atoms with Crippen LogP contribution in [0.3, 0.4) is 0 Å². The lowest BCUT2D eigenvalue weighted by Gasteiger charge is -2.38. The summed E-state index contributed by atoms with van der Waals surface area (Å²) in [5.74, 6) is 0.112. The first-order chi connectivity index (χ1) is 8.93. The number of nitrogens with zero attached hydrogens (tertiary/aromatic N) is 2. The summed E-state index contributed by atoms with van der Waals surface area (Å²) >= 11 is 5.73. The van der Waals surface area contributed by atoms with Crippen molar-refractivity contribution in [2.75, 3.05) is 20.2 Å². The Hall–Kier alpha value is -0.630. The Morgan fingerprint density at radius 1 is 1.63 bits per heavy atom. The molecule has 19 heavy (non-hydrogen) atoms. The maximum Gasteiger partial charge on any atom is 0.260 e. The second-order valence-corrected chi connectivity index (χ2v) is 7.10. The lowest BCUT2D eigenvalue weighted by atomic mass is 9.96. The van der Waals surface area contributed by atoms with Gasteiger partial charge in [0.1, 0.15) is 0 Å². The number of H-pyrrole nitrogens is 1. The highest BCUT2D eigenvalue weighted by Crippen LogP contribution is 2.28. The molecule has 0 amide bonds. The van der Waals surface area contributed by atoms with Crippen molar-refractivity contribution in [2.45, 2.75) is 36.3 Å². The van der Waals surface area contributed by atoms with E-state index in [2.05, 4.69) is 10.2 Å². The number of aromatic amines is 1. The van der Waals surface area contributed by atoms with Gasteiger partial charge in [0.2, 0.25) is 0 Å². The van der Waals surface area contributed by atoms with E-state index in [-0.39, 0.29) is 10.9 Å². The van der Waals surface area contributed by atoms with Crippen LogP contribution in [-0.2, 0) is 20.6 Å². The SMILES string of the molecule is COC1(C)CCCN(S(=O)(=O)c2[nH]ncc2CCl)C1. The fourth-order valence-electron chi connectivity index (χ4n) is 2.28. The van der Waals surface area contributed by atoms with E-state index in [4.69, 9.17) is 16.3 Å². The first-order valence-corrected chi connectivity index (χ1v) is 8.04. The summed E-state index contributed by atoms with van der Waals surface area (Å²) in [4.78, 5) is 0. The Morgan fingerprint density at radius 3 is 3.00 bits per heavy atom. The normalized spacial score (nSPS) is 25.6. The van der Waals surface area contributed by atoms with Crippen molar-refractivity contribution >= 4 is 21.6 Å². The summed E-state index contributed by atoms with van der Waals surface area (Å²) in [6, 6.07) is 0. The standard InChI is InChI=1S/C11H18ClN3O3S/c1-11(18-2)4-3-5-15(8-11)19(16,17)10-9(6-12)7-13-14-10/h7H,3-6,8H2,1-2H3,(H,13,14). The third-order valence-electron chi connectivity index (χ3n) is 3.54. The first kappa shape index (κ1) is 14.8. The van der Waals surface area contributed by atoms with Crippen molar-refractivity contribution in [1.82, 2.24) is 14.5 Å². The summed E-state index contributed by atoms with van der Waals surface area (Å²) < 4.78 is 32.0. The van der Waals surface area contributed by atoms with E-state index >= 15 is 0 Å². The predicted octanol–water partition coefficient (Wildman–Crippen LogP) is 1.34. The Kier molecular flexibility index (Phi) is 4.20. The van der Waals surface area contributed by atoms with E-state index in [0.29, 0.717) is 18.7 Å². The summed E-state index contributed by atoms with van der Waals surface area (Å²) in [7, 11) is -1.98. The van der Waals surface area contributed by atoms with Crippen molar-refractivity contribution in [1.29, 1.82) is 0 Å². The quantitative estimate of drug-likeness (QED) is 0.852.